The summed E-state index contributed by atoms with van der Waals surface area (Å²) in [6, 6.07) is 0.459. The molecule has 1 N–H and O–H groups in total. The van der Waals surface area contributed by atoms with Crippen molar-refractivity contribution in [2.75, 3.05) is 0 Å². The van der Waals surface area contributed by atoms with E-state index in [4.69, 9.17) is 5.11 Å². The number of aromatic nitrogens is 1. The van der Waals surface area contributed by atoms with Crippen molar-refractivity contribution in [2.45, 2.75) is 19.2 Å². The van der Waals surface area contributed by atoms with E-state index in [1.807, 2.05) is 0 Å². The Hall–Kier alpha value is -0.760. The first kappa shape index (κ1) is 13.3. The van der Waals surface area contributed by atoms with Crippen molar-refractivity contribution in [1.82, 2.24) is 4.98 Å². The van der Waals surface area contributed by atoms with Gasteiger partial charge in [-0.3, -0.25) is 0 Å². The van der Waals surface area contributed by atoms with Gasteiger partial charge >= 0.3 is 6.18 Å². The van der Waals surface area contributed by atoms with E-state index in [0.717, 1.165) is 0 Å². The van der Waals surface area contributed by atoms with Gasteiger partial charge in [-0.15, -0.1) is 0 Å². The quantitative estimate of drug-likeness (QED) is 0.672. The third kappa shape index (κ3) is 2.67. The minimum atomic E-state index is -4.92. The van der Waals surface area contributed by atoms with E-state index in [9.17, 15) is 22.0 Å². The summed E-state index contributed by atoms with van der Waals surface area (Å²) in [4.78, 5) is 3.37. The fraction of sp³-hybridized carbons (Fsp3) is 0.375. The molecule has 1 rings (SSSR count). The predicted molar refractivity (Wildman–Crippen MR) is 47.8 cm³/mol. The third-order valence-corrected chi connectivity index (χ3v) is 2.19. The lowest BCUT2D eigenvalue weighted by atomic mass is 10.1. The molecule has 0 spiro atoms. The van der Waals surface area contributed by atoms with E-state index in [-0.39, 0.29) is 4.60 Å². The van der Waals surface area contributed by atoms with Gasteiger partial charge in [0.2, 0.25) is 0 Å². The molecule has 16 heavy (non-hydrogen) atoms. The van der Waals surface area contributed by atoms with Gasteiger partial charge in [0.15, 0.2) is 0 Å². The molecular weight excluding hydrogens is 301 g/mol. The standard InChI is InChI=1S/C8H5BrF5NO/c9-5-1-3(8(12,13)14)6(7(10)11)4(2-16)15-5/h1,7,16H,2H2. The second-order valence-corrected chi connectivity index (χ2v) is 3.62. The number of aliphatic hydroxyl groups is 1. The highest BCUT2D eigenvalue weighted by molar-refractivity contribution is 9.10. The van der Waals surface area contributed by atoms with E-state index >= 15 is 0 Å². The first-order chi connectivity index (χ1) is 7.27. The van der Waals surface area contributed by atoms with Crippen molar-refractivity contribution in [2.24, 2.45) is 0 Å². The number of halogens is 6. The molecule has 0 atom stereocenters. The Labute approximate surface area is 95.2 Å². The summed E-state index contributed by atoms with van der Waals surface area (Å²) in [5.41, 5.74) is -3.46. The summed E-state index contributed by atoms with van der Waals surface area (Å²) in [5.74, 6) is 0. The van der Waals surface area contributed by atoms with E-state index in [1.165, 1.54) is 0 Å². The Morgan fingerprint density at radius 1 is 1.38 bits per heavy atom. The zero-order valence-corrected chi connectivity index (χ0v) is 9.11. The lowest BCUT2D eigenvalue weighted by molar-refractivity contribution is -0.139. The smallest absolute Gasteiger partial charge is 0.390 e. The maximum atomic E-state index is 12.5. The van der Waals surface area contributed by atoms with Crippen LogP contribution in [-0.4, -0.2) is 10.1 Å². The third-order valence-electron chi connectivity index (χ3n) is 1.78. The van der Waals surface area contributed by atoms with Crippen LogP contribution in [0.1, 0.15) is 23.2 Å². The van der Waals surface area contributed by atoms with Crippen molar-refractivity contribution in [3.8, 4) is 0 Å². The summed E-state index contributed by atoms with van der Waals surface area (Å²) in [5, 5.41) is 8.70. The number of aliphatic hydroxyl groups excluding tert-OH is 1. The average molecular weight is 306 g/mol. The molecule has 0 radical (unpaired) electrons. The number of pyridine rings is 1. The lowest BCUT2D eigenvalue weighted by Crippen LogP contribution is -2.13. The van der Waals surface area contributed by atoms with Crippen LogP contribution in [0.25, 0.3) is 0 Å². The molecule has 0 bridgehead atoms. The van der Waals surface area contributed by atoms with Crippen LogP contribution in [0.4, 0.5) is 22.0 Å². The fourth-order valence-corrected chi connectivity index (χ4v) is 1.62. The second-order valence-electron chi connectivity index (χ2n) is 2.81. The van der Waals surface area contributed by atoms with Gasteiger partial charge in [0.05, 0.1) is 23.4 Å². The van der Waals surface area contributed by atoms with Crippen molar-refractivity contribution in [3.05, 3.63) is 27.5 Å². The largest absolute Gasteiger partial charge is 0.417 e. The van der Waals surface area contributed by atoms with Crippen LogP contribution in [-0.2, 0) is 12.8 Å². The highest BCUT2D eigenvalue weighted by Gasteiger charge is 2.37. The number of hydrogen-bond acceptors (Lipinski definition) is 2. The van der Waals surface area contributed by atoms with E-state index in [1.54, 1.807) is 0 Å². The Morgan fingerprint density at radius 3 is 2.31 bits per heavy atom. The minimum absolute atomic E-state index is 0.256. The Morgan fingerprint density at radius 2 is 1.94 bits per heavy atom. The Kier molecular flexibility index (Phi) is 3.84. The lowest BCUT2D eigenvalue weighted by Gasteiger charge is -2.15. The van der Waals surface area contributed by atoms with Crippen LogP contribution in [0.2, 0.25) is 0 Å². The Bertz CT molecular complexity index is 393. The van der Waals surface area contributed by atoms with Gasteiger partial charge in [-0.05, 0) is 22.0 Å². The second kappa shape index (κ2) is 4.62. The van der Waals surface area contributed by atoms with Crippen molar-refractivity contribution < 1.29 is 27.1 Å². The first-order valence-corrected chi connectivity index (χ1v) is 4.72. The SMILES string of the molecule is OCc1nc(Br)cc(C(F)(F)F)c1C(F)F. The van der Waals surface area contributed by atoms with Crippen LogP contribution >= 0.6 is 15.9 Å². The van der Waals surface area contributed by atoms with Crippen LogP contribution in [0, 0.1) is 0 Å². The van der Waals surface area contributed by atoms with Crippen molar-refractivity contribution >= 4 is 15.9 Å². The van der Waals surface area contributed by atoms with Gasteiger partial charge in [-0.2, -0.15) is 13.2 Å². The zero-order valence-electron chi connectivity index (χ0n) is 7.52. The molecule has 0 aliphatic carbocycles. The van der Waals surface area contributed by atoms with Crippen molar-refractivity contribution in [1.29, 1.82) is 0 Å². The fourth-order valence-electron chi connectivity index (χ4n) is 1.17. The molecule has 0 aliphatic rings. The summed E-state index contributed by atoms with van der Waals surface area (Å²) < 4.78 is 62.0. The molecule has 90 valence electrons. The molecule has 0 fully saturated rings. The van der Waals surface area contributed by atoms with E-state index in [0.29, 0.717) is 6.07 Å². The van der Waals surface area contributed by atoms with E-state index in [2.05, 4.69) is 20.9 Å². The molecule has 0 aliphatic heterocycles. The summed E-state index contributed by atoms with van der Waals surface area (Å²) in [7, 11) is 0. The molecule has 0 amide bonds. The van der Waals surface area contributed by atoms with Gasteiger partial charge in [0.1, 0.15) is 4.60 Å². The maximum absolute atomic E-state index is 12.5. The molecule has 0 saturated heterocycles. The van der Waals surface area contributed by atoms with Crippen LogP contribution < -0.4 is 0 Å². The molecule has 0 unspecified atom stereocenters. The van der Waals surface area contributed by atoms with Crippen molar-refractivity contribution in [3.63, 3.8) is 0 Å². The minimum Gasteiger partial charge on any atom is -0.390 e. The van der Waals surface area contributed by atoms with Gasteiger partial charge in [0.25, 0.3) is 6.43 Å². The van der Waals surface area contributed by atoms with Crippen LogP contribution in [0.3, 0.4) is 0 Å². The molecule has 2 nitrogen and oxygen atoms in total. The molecule has 1 aromatic rings. The zero-order chi connectivity index (χ0) is 12.5. The number of nitrogens with zero attached hydrogens (tertiary/aromatic N) is 1. The molecule has 0 aromatic carbocycles. The summed E-state index contributed by atoms with van der Waals surface area (Å²) >= 11 is 2.66. The van der Waals surface area contributed by atoms with Gasteiger partial charge in [-0.25, -0.2) is 13.8 Å². The molecule has 0 saturated carbocycles. The topological polar surface area (TPSA) is 33.1 Å². The van der Waals surface area contributed by atoms with E-state index < -0.39 is 36.0 Å². The van der Waals surface area contributed by atoms with Crippen LogP contribution in [0.5, 0.6) is 0 Å². The molecular formula is C8H5BrF5NO. The molecule has 1 heterocycles. The van der Waals surface area contributed by atoms with Gasteiger partial charge in [-0.1, -0.05) is 0 Å². The summed E-state index contributed by atoms with van der Waals surface area (Å²) in [6.45, 7) is -0.984. The van der Waals surface area contributed by atoms with Gasteiger partial charge in [0, 0.05) is 0 Å². The first-order valence-electron chi connectivity index (χ1n) is 3.93. The predicted octanol–water partition coefficient (Wildman–Crippen LogP) is 3.29. The number of hydrogen-bond donors (Lipinski definition) is 1. The maximum Gasteiger partial charge on any atom is 0.417 e. The number of rotatable bonds is 2. The normalized spacial score (nSPS) is 12.2. The Balaban J connectivity index is 3.51. The highest BCUT2D eigenvalue weighted by atomic mass is 79.9. The van der Waals surface area contributed by atoms with Gasteiger partial charge < -0.3 is 5.11 Å². The summed E-state index contributed by atoms with van der Waals surface area (Å²) in [6.07, 6.45) is -8.26. The molecule has 8 heteroatoms. The highest BCUT2D eigenvalue weighted by Crippen LogP contribution is 2.38. The average Bonchev–Trinajstić information content (AvgIpc) is 2.14. The van der Waals surface area contributed by atoms with Crippen LogP contribution in [0.15, 0.2) is 10.7 Å². The molecule has 1 aromatic heterocycles. The number of alkyl halides is 5. The monoisotopic (exact) mass is 305 g/mol.